The predicted molar refractivity (Wildman–Crippen MR) is 102 cm³/mol. The van der Waals surface area contributed by atoms with E-state index in [1.54, 1.807) is 42.5 Å². The summed E-state index contributed by atoms with van der Waals surface area (Å²) in [5.74, 6) is -0.592. The van der Waals surface area contributed by atoms with Crippen molar-refractivity contribution in [1.29, 1.82) is 0 Å². The topological polar surface area (TPSA) is 95.5 Å². The van der Waals surface area contributed by atoms with E-state index in [-0.39, 0.29) is 11.6 Å². The summed E-state index contributed by atoms with van der Waals surface area (Å²) >= 11 is 11.9. The van der Waals surface area contributed by atoms with Crippen molar-refractivity contribution in [2.45, 2.75) is 12.1 Å². The van der Waals surface area contributed by atoms with Crippen molar-refractivity contribution >= 4 is 39.1 Å². The molecule has 0 radical (unpaired) electrons. The maximum Gasteiger partial charge on any atom is 0.242 e. The Hall–Kier alpha value is -1.64. The van der Waals surface area contributed by atoms with Gasteiger partial charge in [-0.1, -0.05) is 59.6 Å². The number of hydrogen-bond donors (Lipinski definition) is 3. The molecule has 0 heterocycles. The van der Waals surface area contributed by atoms with Gasteiger partial charge >= 0.3 is 0 Å². The average Bonchev–Trinajstić information content (AvgIpc) is 2.57. The predicted octanol–water partition coefficient (Wildman–Crippen LogP) is 2.43. The maximum absolute atomic E-state index is 12.5. The first-order valence-electron chi connectivity index (χ1n) is 7.60. The molecular formula is C17H18Cl2N2O4S. The van der Waals surface area contributed by atoms with E-state index >= 15 is 0 Å². The fourth-order valence-corrected chi connectivity index (χ4v) is 3.52. The number of carbonyl (C=O) groups excluding carboxylic acids is 1. The summed E-state index contributed by atoms with van der Waals surface area (Å²) in [5.41, 5.74) is 0.887. The second-order valence-corrected chi connectivity index (χ2v) is 8.28. The van der Waals surface area contributed by atoms with Crippen LogP contribution in [0.1, 0.15) is 23.3 Å². The molecule has 3 N–H and O–H groups in total. The largest absolute Gasteiger partial charge is 0.387 e. The Kier molecular flexibility index (Phi) is 7.02. The van der Waals surface area contributed by atoms with E-state index in [0.717, 1.165) is 6.26 Å². The van der Waals surface area contributed by atoms with Gasteiger partial charge in [0.2, 0.25) is 15.9 Å². The molecule has 0 spiro atoms. The molecule has 0 fully saturated rings. The molecule has 2 rings (SSSR count). The summed E-state index contributed by atoms with van der Waals surface area (Å²) in [5, 5.41) is 13.5. The van der Waals surface area contributed by atoms with Gasteiger partial charge in [-0.15, -0.1) is 0 Å². The lowest BCUT2D eigenvalue weighted by Crippen LogP contribution is -2.41. The number of amides is 1. The van der Waals surface area contributed by atoms with Crippen LogP contribution in [0.4, 0.5) is 0 Å². The van der Waals surface area contributed by atoms with Crippen molar-refractivity contribution in [3.05, 3.63) is 69.7 Å². The van der Waals surface area contributed by atoms with Crippen LogP contribution in [0.25, 0.3) is 0 Å². The van der Waals surface area contributed by atoms with Gasteiger partial charge in [-0.05, 0) is 17.7 Å². The van der Waals surface area contributed by atoms with Crippen LogP contribution in [0.5, 0.6) is 0 Å². The number of aliphatic hydroxyl groups excluding tert-OH is 1. The van der Waals surface area contributed by atoms with E-state index in [1.165, 1.54) is 6.07 Å². The molecule has 0 aliphatic rings. The molecule has 0 saturated heterocycles. The fourth-order valence-electron chi connectivity index (χ4n) is 2.31. The number of benzene rings is 2. The molecule has 0 aliphatic carbocycles. The van der Waals surface area contributed by atoms with E-state index in [0.29, 0.717) is 16.1 Å². The molecule has 0 aromatic heterocycles. The number of nitrogens with one attached hydrogen (secondary N) is 2. The van der Waals surface area contributed by atoms with Crippen molar-refractivity contribution in [3.63, 3.8) is 0 Å². The smallest absolute Gasteiger partial charge is 0.242 e. The molecule has 9 heteroatoms. The minimum atomic E-state index is -3.63. The van der Waals surface area contributed by atoms with Crippen LogP contribution in [0.3, 0.4) is 0 Å². The molecule has 2 unspecified atom stereocenters. The monoisotopic (exact) mass is 416 g/mol. The van der Waals surface area contributed by atoms with Gasteiger partial charge in [0.1, 0.15) is 6.04 Å². The molecule has 0 aliphatic heterocycles. The van der Waals surface area contributed by atoms with Crippen LogP contribution in [-0.2, 0) is 14.8 Å². The minimum absolute atomic E-state index is 0.144. The van der Waals surface area contributed by atoms with Gasteiger partial charge in [0, 0.05) is 22.2 Å². The summed E-state index contributed by atoms with van der Waals surface area (Å²) in [4.78, 5) is 12.5. The Bertz CT molecular complexity index is 876. The number of rotatable bonds is 7. The lowest BCUT2D eigenvalue weighted by atomic mass is 10.1. The molecule has 2 aromatic carbocycles. The van der Waals surface area contributed by atoms with E-state index < -0.39 is 28.1 Å². The first-order chi connectivity index (χ1) is 12.2. The van der Waals surface area contributed by atoms with E-state index in [2.05, 4.69) is 10.0 Å². The Labute approximate surface area is 162 Å². The average molecular weight is 417 g/mol. The summed E-state index contributed by atoms with van der Waals surface area (Å²) in [6, 6.07) is 11.9. The van der Waals surface area contributed by atoms with Crippen LogP contribution < -0.4 is 10.0 Å². The van der Waals surface area contributed by atoms with Gasteiger partial charge in [0.25, 0.3) is 0 Å². The zero-order valence-electron chi connectivity index (χ0n) is 13.8. The highest BCUT2D eigenvalue weighted by Crippen LogP contribution is 2.26. The molecule has 2 atom stereocenters. The van der Waals surface area contributed by atoms with Gasteiger partial charge in [-0.3, -0.25) is 4.79 Å². The summed E-state index contributed by atoms with van der Waals surface area (Å²) in [6.45, 7) is -0.144. The molecular weight excluding hydrogens is 399 g/mol. The minimum Gasteiger partial charge on any atom is -0.387 e. The lowest BCUT2D eigenvalue weighted by Gasteiger charge is -2.19. The van der Waals surface area contributed by atoms with Gasteiger partial charge in [0.05, 0.1) is 12.4 Å². The van der Waals surface area contributed by atoms with Crippen molar-refractivity contribution in [2.75, 3.05) is 12.8 Å². The Balaban J connectivity index is 2.11. The molecule has 140 valence electrons. The van der Waals surface area contributed by atoms with Gasteiger partial charge in [0.15, 0.2) is 0 Å². The Morgan fingerprint density at radius 3 is 2.38 bits per heavy atom. The van der Waals surface area contributed by atoms with Crippen molar-refractivity contribution in [2.24, 2.45) is 0 Å². The van der Waals surface area contributed by atoms with Crippen LogP contribution in [0.15, 0.2) is 48.5 Å². The van der Waals surface area contributed by atoms with E-state index in [4.69, 9.17) is 23.2 Å². The number of aliphatic hydroxyl groups is 1. The van der Waals surface area contributed by atoms with Crippen molar-refractivity contribution in [3.8, 4) is 0 Å². The first-order valence-corrected chi connectivity index (χ1v) is 10.2. The van der Waals surface area contributed by atoms with Crippen molar-refractivity contribution in [1.82, 2.24) is 10.0 Å². The van der Waals surface area contributed by atoms with Crippen LogP contribution >= 0.6 is 23.2 Å². The van der Waals surface area contributed by atoms with Crippen LogP contribution in [0, 0.1) is 0 Å². The Morgan fingerprint density at radius 1 is 1.15 bits per heavy atom. The van der Waals surface area contributed by atoms with E-state index in [9.17, 15) is 18.3 Å². The number of hydrogen-bond acceptors (Lipinski definition) is 4. The van der Waals surface area contributed by atoms with Crippen LogP contribution in [-0.4, -0.2) is 32.2 Å². The van der Waals surface area contributed by atoms with E-state index in [1.807, 2.05) is 0 Å². The first kappa shape index (κ1) is 20.7. The summed E-state index contributed by atoms with van der Waals surface area (Å²) in [7, 11) is -3.63. The zero-order chi connectivity index (χ0) is 19.3. The number of sulfonamides is 1. The molecule has 0 bridgehead atoms. The van der Waals surface area contributed by atoms with Gasteiger partial charge in [-0.2, -0.15) is 4.72 Å². The molecule has 1 amide bonds. The molecule has 26 heavy (non-hydrogen) atoms. The number of halogens is 2. The highest BCUT2D eigenvalue weighted by Gasteiger charge is 2.24. The second-order valence-electron chi connectivity index (χ2n) is 5.66. The lowest BCUT2D eigenvalue weighted by molar-refractivity contribution is -0.123. The van der Waals surface area contributed by atoms with Crippen LogP contribution in [0.2, 0.25) is 10.0 Å². The summed E-state index contributed by atoms with van der Waals surface area (Å²) < 4.78 is 25.5. The third-order valence-electron chi connectivity index (χ3n) is 3.52. The maximum atomic E-state index is 12.5. The molecule has 0 saturated carbocycles. The second kappa shape index (κ2) is 8.83. The third-order valence-corrected chi connectivity index (χ3v) is 4.74. The normalized spacial score (nSPS) is 13.8. The SMILES string of the molecule is CS(=O)(=O)NC(C(=O)NCC(O)c1ccc(Cl)cc1Cl)c1ccccc1. The molecule has 2 aromatic rings. The standard InChI is InChI=1S/C17H18Cl2N2O4S/c1-26(24,25)21-16(11-5-3-2-4-6-11)17(23)20-10-15(22)13-8-7-12(18)9-14(13)19/h2-9,15-16,21-22H,10H2,1H3,(H,20,23). The summed E-state index contributed by atoms with van der Waals surface area (Å²) in [6.07, 6.45) is -0.100. The zero-order valence-corrected chi connectivity index (χ0v) is 16.1. The number of carbonyl (C=O) groups is 1. The third kappa shape index (κ3) is 5.96. The van der Waals surface area contributed by atoms with Gasteiger partial charge < -0.3 is 10.4 Å². The Morgan fingerprint density at radius 2 is 1.81 bits per heavy atom. The van der Waals surface area contributed by atoms with Crippen molar-refractivity contribution < 1.29 is 18.3 Å². The highest BCUT2D eigenvalue weighted by atomic mass is 35.5. The quantitative estimate of drug-likeness (QED) is 0.645. The molecule has 6 nitrogen and oxygen atoms in total. The fraction of sp³-hybridized carbons (Fsp3) is 0.235. The van der Waals surface area contributed by atoms with Gasteiger partial charge in [-0.25, -0.2) is 8.42 Å². The highest BCUT2D eigenvalue weighted by molar-refractivity contribution is 7.88.